The van der Waals surface area contributed by atoms with E-state index in [2.05, 4.69) is 61.4 Å². The number of benzene rings is 4. The molecule has 0 unspecified atom stereocenters. The number of nitriles is 1. The zero-order chi connectivity index (χ0) is 24.9. The Morgan fingerprint density at radius 1 is 1.00 bits per heavy atom. The van der Waals surface area contributed by atoms with Crippen LogP contribution in [0.2, 0.25) is 0 Å². The second-order valence-electron chi connectivity index (χ2n) is 8.18. The summed E-state index contributed by atoms with van der Waals surface area (Å²) in [7, 11) is 0. The first kappa shape index (κ1) is 24.7. The number of fused-ring (bicyclic) bond motifs is 1. The first-order valence-corrected chi connectivity index (χ1v) is 12.5. The van der Waals surface area contributed by atoms with Gasteiger partial charge in [-0.15, -0.1) is 0 Å². The number of hydrogen-bond acceptors (Lipinski definition) is 3. The van der Waals surface area contributed by atoms with Crippen LogP contribution in [0, 0.1) is 25.2 Å². The summed E-state index contributed by atoms with van der Waals surface area (Å²) >= 11 is 7.15. The third kappa shape index (κ3) is 5.82. The number of rotatable bonds is 6. The molecule has 0 saturated carbocycles. The molecule has 0 fully saturated rings. The van der Waals surface area contributed by atoms with Crippen molar-refractivity contribution in [2.24, 2.45) is 0 Å². The molecular weight excluding hydrogens is 568 g/mol. The van der Waals surface area contributed by atoms with E-state index in [0.717, 1.165) is 27.5 Å². The van der Waals surface area contributed by atoms with Crippen LogP contribution in [0.1, 0.15) is 22.3 Å². The molecule has 0 bridgehead atoms. The van der Waals surface area contributed by atoms with Gasteiger partial charge in [-0.2, -0.15) is 5.26 Å². The lowest BCUT2D eigenvalue weighted by molar-refractivity contribution is -0.112. The number of nitrogens with zero attached hydrogens (tertiary/aromatic N) is 1. The predicted octanol–water partition coefficient (Wildman–Crippen LogP) is 8.11. The van der Waals surface area contributed by atoms with E-state index in [1.807, 2.05) is 68.4 Å². The molecule has 1 N–H and O–H groups in total. The van der Waals surface area contributed by atoms with Gasteiger partial charge >= 0.3 is 0 Å². The normalized spacial score (nSPS) is 11.2. The van der Waals surface area contributed by atoms with Crippen molar-refractivity contribution >= 4 is 60.3 Å². The van der Waals surface area contributed by atoms with Gasteiger partial charge < -0.3 is 10.1 Å². The largest absolute Gasteiger partial charge is 0.487 e. The lowest BCUT2D eigenvalue weighted by atomic mass is 10.1. The maximum absolute atomic E-state index is 12.8. The molecule has 0 aliphatic heterocycles. The third-order valence-corrected chi connectivity index (χ3v) is 6.77. The van der Waals surface area contributed by atoms with Crippen molar-refractivity contribution in [1.29, 1.82) is 5.26 Å². The van der Waals surface area contributed by atoms with Gasteiger partial charge in [0, 0.05) is 5.69 Å². The number of nitrogens with one attached hydrogen (secondary N) is 1. The number of anilines is 1. The number of carbonyl (C=O) groups excluding carboxylic acids is 1. The summed E-state index contributed by atoms with van der Waals surface area (Å²) in [6, 6.07) is 25.8. The topological polar surface area (TPSA) is 62.1 Å². The van der Waals surface area contributed by atoms with Crippen molar-refractivity contribution in [3.63, 3.8) is 0 Å². The van der Waals surface area contributed by atoms with E-state index in [1.54, 1.807) is 6.08 Å². The van der Waals surface area contributed by atoms with Crippen LogP contribution in [0.15, 0.2) is 87.3 Å². The molecule has 0 aliphatic rings. The van der Waals surface area contributed by atoms with Gasteiger partial charge in [0.15, 0.2) is 0 Å². The molecule has 0 saturated heterocycles. The Morgan fingerprint density at radius 2 is 1.71 bits per heavy atom. The summed E-state index contributed by atoms with van der Waals surface area (Å²) < 4.78 is 7.57. The second kappa shape index (κ2) is 10.9. The van der Waals surface area contributed by atoms with Crippen molar-refractivity contribution < 1.29 is 9.53 Å². The summed E-state index contributed by atoms with van der Waals surface area (Å²) in [5, 5.41) is 14.8. The molecule has 0 atom stereocenters. The molecule has 0 radical (unpaired) electrons. The van der Waals surface area contributed by atoms with Crippen molar-refractivity contribution in [2.45, 2.75) is 20.5 Å². The Kier molecular flexibility index (Phi) is 7.70. The van der Waals surface area contributed by atoms with Gasteiger partial charge in [-0.25, -0.2) is 0 Å². The zero-order valence-electron chi connectivity index (χ0n) is 19.2. The Labute approximate surface area is 221 Å². The standard InChI is InChI=1S/C29H22Br2N2O2/c1-18-10-11-19(2)27(12-18)33-29(34)23(16-32)13-20-14-25(30)28(26(31)15-20)35-17-22-8-5-7-21-6-3-4-9-24(21)22/h3-15H,17H2,1-2H3,(H,33,34)/b23-13+. The van der Waals surface area contributed by atoms with Gasteiger partial charge in [0.25, 0.3) is 5.91 Å². The van der Waals surface area contributed by atoms with Crippen LogP contribution in [0.4, 0.5) is 5.69 Å². The van der Waals surface area contributed by atoms with Gasteiger partial charge in [-0.3, -0.25) is 4.79 Å². The van der Waals surface area contributed by atoms with Crippen LogP contribution >= 0.6 is 31.9 Å². The Balaban J connectivity index is 1.54. The molecule has 4 aromatic carbocycles. The van der Waals surface area contributed by atoms with E-state index in [1.165, 1.54) is 0 Å². The molecule has 0 spiro atoms. The summed E-state index contributed by atoms with van der Waals surface area (Å²) in [4.78, 5) is 12.8. The maximum atomic E-state index is 12.8. The average molecular weight is 590 g/mol. The SMILES string of the molecule is Cc1ccc(C)c(NC(=O)/C(C#N)=C/c2cc(Br)c(OCc3cccc4ccccc34)c(Br)c2)c1. The zero-order valence-corrected chi connectivity index (χ0v) is 22.4. The minimum atomic E-state index is -0.454. The van der Waals surface area contributed by atoms with Crippen molar-refractivity contribution in [1.82, 2.24) is 0 Å². The first-order chi connectivity index (χ1) is 16.9. The van der Waals surface area contributed by atoms with Crippen LogP contribution in [0.5, 0.6) is 5.75 Å². The van der Waals surface area contributed by atoms with Crippen LogP contribution in [0.25, 0.3) is 16.8 Å². The highest BCUT2D eigenvalue weighted by Gasteiger charge is 2.14. The maximum Gasteiger partial charge on any atom is 0.266 e. The Hall–Kier alpha value is -3.40. The minimum Gasteiger partial charge on any atom is -0.487 e. The molecule has 6 heteroatoms. The minimum absolute atomic E-state index is 0.00845. The summed E-state index contributed by atoms with van der Waals surface area (Å²) in [5.74, 6) is 0.193. The van der Waals surface area contributed by atoms with E-state index >= 15 is 0 Å². The van der Waals surface area contributed by atoms with E-state index < -0.39 is 5.91 Å². The van der Waals surface area contributed by atoms with Crippen LogP contribution < -0.4 is 10.1 Å². The quantitative estimate of drug-likeness (QED) is 0.182. The Bertz CT molecular complexity index is 1470. The molecule has 4 rings (SSSR count). The molecular formula is C29H22Br2N2O2. The van der Waals surface area contributed by atoms with Crippen molar-refractivity contribution in [3.8, 4) is 11.8 Å². The van der Waals surface area contributed by atoms with E-state index in [0.29, 0.717) is 32.6 Å². The van der Waals surface area contributed by atoms with E-state index in [9.17, 15) is 10.1 Å². The molecule has 174 valence electrons. The lowest BCUT2D eigenvalue weighted by Crippen LogP contribution is -2.14. The summed E-state index contributed by atoms with van der Waals surface area (Å²) in [6.07, 6.45) is 1.56. The molecule has 35 heavy (non-hydrogen) atoms. The fourth-order valence-corrected chi connectivity index (χ4v) is 5.20. The number of carbonyl (C=O) groups is 1. The molecule has 0 aromatic heterocycles. The Morgan fingerprint density at radius 3 is 2.46 bits per heavy atom. The van der Waals surface area contributed by atoms with Gasteiger partial charge in [-0.1, -0.05) is 54.6 Å². The average Bonchev–Trinajstić information content (AvgIpc) is 2.84. The highest BCUT2D eigenvalue weighted by atomic mass is 79.9. The number of hydrogen-bond donors (Lipinski definition) is 1. The second-order valence-corrected chi connectivity index (χ2v) is 9.89. The van der Waals surface area contributed by atoms with Gasteiger partial charge in [0.05, 0.1) is 8.95 Å². The van der Waals surface area contributed by atoms with E-state index in [-0.39, 0.29) is 5.57 Å². The molecule has 0 heterocycles. The fraction of sp³-hybridized carbons (Fsp3) is 0.103. The summed E-state index contributed by atoms with van der Waals surface area (Å²) in [5.41, 5.74) is 4.43. The van der Waals surface area contributed by atoms with Gasteiger partial charge in [0.2, 0.25) is 0 Å². The lowest BCUT2D eigenvalue weighted by Gasteiger charge is -2.13. The number of halogens is 2. The summed E-state index contributed by atoms with van der Waals surface area (Å²) in [6.45, 7) is 4.26. The number of ether oxygens (including phenoxy) is 1. The smallest absolute Gasteiger partial charge is 0.266 e. The van der Waals surface area contributed by atoms with Crippen LogP contribution in [0.3, 0.4) is 0 Å². The van der Waals surface area contributed by atoms with E-state index in [4.69, 9.17) is 4.74 Å². The molecule has 0 aliphatic carbocycles. The highest BCUT2D eigenvalue weighted by molar-refractivity contribution is 9.11. The number of amides is 1. The molecule has 4 nitrogen and oxygen atoms in total. The number of aryl methyl sites for hydroxylation is 2. The first-order valence-electron chi connectivity index (χ1n) is 10.9. The monoisotopic (exact) mass is 588 g/mol. The molecule has 4 aromatic rings. The van der Waals surface area contributed by atoms with Gasteiger partial charge in [0.1, 0.15) is 24.0 Å². The van der Waals surface area contributed by atoms with Crippen molar-refractivity contribution in [3.05, 3.63) is 110 Å². The van der Waals surface area contributed by atoms with Gasteiger partial charge in [-0.05, 0) is 103 Å². The third-order valence-electron chi connectivity index (χ3n) is 5.59. The van der Waals surface area contributed by atoms with Crippen LogP contribution in [-0.4, -0.2) is 5.91 Å². The molecule has 1 amide bonds. The highest BCUT2D eigenvalue weighted by Crippen LogP contribution is 2.36. The van der Waals surface area contributed by atoms with Crippen LogP contribution in [-0.2, 0) is 11.4 Å². The fourth-order valence-electron chi connectivity index (χ4n) is 3.74. The predicted molar refractivity (Wildman–Crippen MR) is 148 cm³/mol. The van der Waals surface area contributed by atoms with Crippen molar-refractivity contribution in [2.75, 3.05) is 5.32 Å².